The number of fused-ring (bicyclic) bond motifs is 4. The zero-order valence-corrected chi connectivity index (χ0v) is 18.0. The number of halogens is 2. The number of carbonyl (C=O) groups excluding carboxylic acids is 1. The predicted octanol–water partition coefficient (Wildman–Crippen LogP) is 5.08. The first kappa shape index (κ1) is 20.4. The highest BCUT2D eigenvalue weighted by Gasteiger charge is 2.42. The van der Waals surface area contributed by atoms with E-state index in [1.165, 1.54) is 6.07 Å². The highest BCUT2D eigenvalue weighted by molar-refractivity contribution is 5.70. The van der Waals surface area contributed by atoms with E-state index in [2.05, 4.69) is 24.1 Å². The number of nitrogens with one attached hydrogen (secondary N) is 1. The number of ether oxygens (including phenoxy) is 1. The van der Waals surface area contributed by atoms with Crippen LogP contribution in [0.4, 0.5) is 13.6 Å². The molecule has 2 aromatic carbocycles. The minimum Gasteiger partial charge on any atom is -0.445 e. The molecule has 0 radical (unpaired) electrons. The SMILES string of the molecule is CC1(C)Cc2ccc(-c3cc(F)ccc3F)cc2C1NC(=O)O[C@H]1CN2CCC1CC2. The fraction of sp³-hybridized carbons (Fsp3) is 0.480. The molecule has 3 saturated heterocycles. The lowest BCUT2D eigenvalue weighted by atomic mass is 9.85. The van der Waals surface area contributed by atoms with Gasteiger partial charge in [-0.2, -0.15) is 0 Å². The van der Waals surface area contributed by atoms with E-state index in [4.69, 9.17) is 4.74 Å². The van der Waals surface area contributed by atoms with Crippen LogP contribution in [-0.2, 0) is 11.2 Å². The van der Waals surface area contributed by atoms with E-state index in [1.807, 2.05) is 18.2 Å². The fourth-order valence-corrected chi connectivity index (χ4v) is 5.53. The molecular formula is C25H28F2N2O2. The molecule has 4 aliphatic rings. The summed E-state index contributed by atoms with van der Waals surface area (Å²) in [6.45, 7) is 7.21. The lowest BCUT2D eigenvalue weighted by Crippen LogP contribution is -2.53. The van der Waals surface area contributed by atoms with Crippen LogP contribution in [0.1, 0.15) is 43.9 Å². The van der Waals surface area contributed by atoms with E-state index in [0.29, 0.717) is 11.5 Å². The minimum absolute atomic E-state index is 0.0563. The monoisotopic (exact) mass is 426 g/mol. The van der Waals surface area contributed by atoms with Crippen molar-refractivity contribution in [1.29, 1.82) is 0 Å². The normalized spacial score (nSPS) is 28.3. The van der Waals surface area contributed by atoms with Gasteiger partial charge in [-0.15, -0.1) is 0 Å². The summed E-state index contributed by atoms with van der Waals surface area (Å²) >= 11 is 0. The second-order valence-electron chi connectivity index (χ2n) is 9.86. The van der Waals surface area contributed by atoms with Crippen molar-refractivity contribution < 1.29 is 18.3 Å². The first-order valence-electron chi connectivity index (χ1n) is 11.1. The maximum absolute atomic E-state index is 14.3. The number of piperidine rings is 3. The molecule has 1 unspecified atom stereocenters. The largest absolute Gasteiger partial charge is 0.445 e. The van der Waals surface area contributed by atoms with Gasteiger partial charge in [-0.1, -0.05) is 26.0 Å². The van der Waals surface area contributed by atoms with Gasteiger partial charge in [0.15, 0.2) is 0 Å². The maximum Gasteiger partial charge on any atom is 0.407 e. The van der Waals surface area contributed by atoms with Crippen molar-refractivity contribution >= 4 is 6.09 Å². The summed E-state index contributed by atoms with van der Waals surface area (Å²) < 4.78 is 33.9. The number of amides is 1. The van der Waals surface area contributed by atoms with E-state index in [1.54, 1.807) is 0 Å². The molecule has 31 heavy (non-hydrogen) atoms. The van der Waals surface area contributed by atoms with E-state index in [-0.39, 0.29) is 23.1 Å². The number of rotatable bonds is 3. The smallest absolute Gasteiger partial charge is 0.407 e. The van der Waals surface area contributed by atoms with Crippen LogP contribution in [0.25, 0.3) is 11.1 Å². The summed E-state index contributed by atoms with van der Waals surface area (Å²) in [4.78, 5) is 15.2. The Balaban J connectivity index is 1.38. The molecule has 3 fully saturated rings. The fourth-order valence-electron chi connectivity index (χ4n) is 5.53. The van der Waals surface area contributed by atoms with Gasteiger partial charge in [-0.25, -0.2) is 13.6 Å². The predicted molar refractivity (Wildman–Crippen MR) is 115 cm³/mol. The van der Waals surface area contributed by atoms with Gasteiger partial charge in [0.25, 0.3) is 0 Å². The van der Waals surface area contributed by atoms with E-state index < -0.39 is 17.7 Å². The van der Waals surface area contributed by atoms with Crippen LogP contribution >= 0.6 is 0 Å². The number of hydrogen-bond acceptors (Lipinski definition) is 3. The number of nitrogens with zero attached hydrogens (tertiary/aromatic N) is 1. The van der Waals surface area contributed by atoms with Gasteiger partial charge in [0.2, 0.25) is 0 Å². The van der Waals surface area contributed by atoms with Crippen molar-refractivity contribution in [2.24, 2.45) is 11.3 Å². The van der Waals surface area contributed by atoms with Gasteiger partial charge < -0.3 is 10.1 Å². The van der Waals surface area contributed by atoms with Crippen LogP contribution in [0.15, 0.2) is 36.4 Å². The Morgan fingerprint density at radius 2 is 1.90 bits per heavy atom. The van der Waals surface area contributed by atoms with Gasteiger partial charge in [0.1, 0.15) is 17.7 Å². The standard InChI is InChI=1S/C25H28F2N2O2/c1-25(2)13-17-4-3-16(19-12-18(26)5-6-21(19)27)11-20(17)23(25)28-24(30)31-22-14-29-9-7-15(22)8-10-29/h3-6,11-12,15,22-23H,7-10,13-14H2,1-2H3,(H,28,30)/t22-,23?/m0/s1. The van der Waals surface area contributed by atoms with Crippen molar-refractivity contribution in [1.82, 2.24) is 10.2 Å². The van der Waals surface area contributed by atoms with E-state index in [9.17, 15) is 13.6 Å². The molecule has 6 heteroatoms. The second-order valence-corrected chi connectivity index (χ2v) is 9.86. The Morgan fingerprint density at radius 3 is 2.61 bits per heavy atom. The molecule has 6 rings (SSSR count). The minimum atomic E-state index is -0.479. The van der Waals surface area contributed by atoms with Gasteiger partial charge in [0, 0.05) is 12.1 Å². The van der Waals surface area contributed by atoms with Crippen LogP contribution in [0.5, 0.6) is 0 Å². The van der Waals surface area contributed by atoms with Crippen molar-refractivity contribution in [2.75, 3.05) is 19.6 Å². The van der Waals surface area contributed by atoms with Crippen LogP contribution in [0.2, 0.25) is 0 Å². The average Bonchev–Trinajstić information content (AvgIpc) is 2.99. The summed E-state index contributed by atoms with van der Waals surface area (Å²) in [6.07, 6.45) is 2.50. The molecule has 2 bridgehead atoms. The van der Waals surface area contributed by atoms with Crippen LogP contribution in [-0.4, -0.2) is 36.7 Å². The molecular weight excluding hydrogens is 398 g/mol. The molecule has 2 atom stereocenters. The summed E-state index contributed by atoms with van der Waals surface area (Å²) in [7, 11) is 0. The van der Waals surface area contributed by atoms with Crippen molar-refractivity contribution in [3.05, 3.63) is 59.2 Å². The first-order valence-corrected chi connectivity index (χ1v) is 11.1. The molecule has 3 aliphatic heterocycles. The summed E-state index contributed by atoms with van der Waals surface area (Å²) in [5.74, 6) is -0.500. The number of alkyl carbamates (subject to hydrolysis) is 1. The van der Waals surface area contributed by atoms with Gasteiger partial charge in [-0.3, -0.25) is 4.90 Å². The topological polar surface area (TPSA) is 41.6 Å². The van der Waals surface area contributed by atoms with Crippen LogP contribution < -0.4 is 5.32 Å². The quantitative estimate of drug-likeness (QED) is 0.745. The molecule has 0 saturated carbocycles. The Hall–Kier alpha value is -2.47. The Morgan fingerprint density at radius 1 is 1.13 bits per heavy atom. The molecule has 1 N–H and O–H groups in total. The Kier molecular flexibility index (Phi) is 5.00. The van der Waals surface area contributed by atoms with E-state index >= 15 is 0 Å². The van der Waals surface area contributed by atoms with Gasteiger partial charge >= 0.3 is 6.09 Å². The third-order valence-electron chi connectivity index (χ3n) is 7.24. The molecule has 0 spiro atoms. The highest BCUT2D eigenvalue weighted by Crippen LogP contribution is 2.46. The van der Waals surface area contributed by atoms with E-state index in [0.717, 1.165) is 62.2 Å². The zero-order chi connectivity index (χ0) is 21.8. The summed E-state index contributed by atoms with van der Waals surface area (Å²) in [5, 5.41) is 3.09. The highest BCUT2D eigenvalue weighted by atomic mass is 19.1. The van der Waals surface area contributed by atoms with Gasteiger partial charge in [0.05, 0.1) is 6.04 Å². The molecule has 164 valence electrons. The average molecular weight is 427 g/mol. The maximum atomic E-state index is 14.3. The first-order chi connectivity index (χ1) is 14.8. The van der Waals surface area contributed by atoms with Crippen molar-refractivity contribution in [3.63, 3.8) is 0 Å². The second kappa shape index (κ2) is 7.59. The zero-order valence-electron chi connectivity index (χ0n) is 18.0. The lowest BCUT2D eigenvalue weighted by molar-refractivity contribution is -0.0348. The van der Waals surface area contributed by atoms with Gasteiger partial charge in [-0.05, 0) is 84.6 Å². The Bertz CT molecular complexity index is 1010. The van der Waals surface area contributed by atoms with Crippen LogP contribution in [0, 0.1) is 23.0 Å². The van der Waals surface area contributed by atoms with Crippen LogP contribution in [0.3, 0.4) is 0 Å². The van der Waals surface area contributed by atoms with Crippen molar-refractivity contribution in [2.45, 2.75) is 45.3 Å². The number of carbonyl (C=O) groups is 1. The number of benzene rings is 2. The summed E-state index contributed by atoms with van der Waals surface area (Å²) in [5.41, 5.74) is 2.66. The molecule has 0 aromatic heterocycles. The Labute approximate surface area is 181 Å². The third kappa shape index (κ3) is 3.82. The molecule has 3 heterocycles. The van der Waals surface area contributed by atoms with Crippen molar-refractivity contribution in [3.8, 4) is 11.1 Å². The molecule has 4 nitrogen and oxygen atoms in total. The number of hydrogen-bond donors (Lipinski definition) is 1. The summed E-state index contributed by atoms with van der Waals surface area (Å²) in [6, 6.07) is 8.86. The molecule has 1 amide bonds. The third-order valence-corrected chi connectivity index (χ3v) is 7.24. The molecule has 1 aliphatic carbocycles. The lowest BCUT2D eigenvalue weighted by Gasteiger charge is -2.44. The molecule has 2 aromatic rings.